The predicted molar refractivity (Wildman–Crippen MR) is 54.5 cm³/mol. The highest BCUT2D eigenvalue weighted by Gasteiger charge is 1.79. The molecule has 0 bridgehead atoms. The highest BCUT2D eigenvalue weighted by molar-refractivity contribution is 5.78. The van der Waals surface area contributed by atoms with Crippen LogP contribution >= 0.6 is 0 Å². The average Bonchev–Trinajstić information content (AvgIpc) is 2.14. The molecule has 1 aromatic rings. The molecule has 0 saturated carbocycles. The van der Waals surface area contributed by atoms with Crippen LogP contribution in [0.2, 0.25) is 0 Å². The van der Waals surface area contributed by atoms with E-state index in [1.807, 2.05) is 43.5 Å². The molecule has 0 N–H and O–H groups in total. The Labute approximate surface area is 73.5 Å². The van der Waals surface area contributed by atoms with Gasteiger partial charge in [0.15, 0.2) is 0 Å². The van der Waals surface area contributed by atoms with Gasteiger partial charge in [0.1, 0.15) is 0 Å². The molecule has 0 amide bonds. The first-order valence-corrected chi connectivity index (χ1v) is 4.15. The van der Waals surface area contributed by atoms with Crippen LogP contribution < -0.4 is 0 Å². The van der Waals surface area contributed by atoms with Gasteiger partial charge in [-0.15, -0.1) is 0 Å². The number of hydrogen-bond acceptors (Lipinski definition) is 1. The second-order valence-electron chi connectivity index (χ2n) is 2.42. The Morgan fingerprint density at radius 1 is 1.25 bits per heavy atom. The summed E-state index contributed by atoms with van der Waals surface area (Å²) >= 11 is 0. The molecule has 0 fully saturated rings. The molecule has 0 aliphatic carbocycles. The zero-order chi connectivity index (χ0) is 8.65. The van der Waals surface area contributed by atoms with Gasteiger partial charge in [0, 0.05) is 12.8 Å². The van der Waals surface area contributed by atoms with Gasteiger partial charge in [-0.1, -0.05) is 36.4 Å². The number of nitrogens with zero attached hydrogens (tertiary/aromatic N) is 1. The van der Waals surface area contributed by atoms with Gasteiger partial charge in [-0.25, -0.2) is 0 Å². The van der Waals surface area contributed by atoms with Crippen molar-refractivity contribution in [1.29, 1.82) is 0 Å². The molecule has 0 atom stereocenters. The molecule has 1 heteroatoms. The molecule has 0 aromatic heterocycles. The maximum absolute atomic E-state index is 4.08. The predicted octanol–water partition coefficient (Wildman–Crippen LogP) is 2.79. The van der Waals surface area contributed by atoms with E-state index in [1.54, 1.807) is 0 Å². The minimum Gasteiger partial charge on any atom is -0.293 e. The number of hydrogen-bond donors (Lipinski definition) is 0. The number of rotatable bonds is 3. The highest BCUT2D eigenvalue weighted by Crippen LogP contribution is 1.99. The van der Waals surface area contributed by atoms with Gasteiger partial charge in [0.05, 0.1) is 0 Å². The first-order chi connectivity index (χ1) is 5.93. The smallest absolute Gasteiger partial charge is 0.0360 e. The zero-order valence-electron chi connectivity index (χ0n) is 7.27. The zero-order valence-corrected chi connectivity index (χ0v) is 7.27. The topological polar surface area (TPSA) is 12.4 Å². The van der Waals surface area contributed by atoms with Gasteiger partial charge in [-0.3, -0.25) is 4.99 Å². The van der Waals surface area contributed by atoms with Crippen LogP contribution in [0, 0.1) is 0 Å². The van der Waals surface area contributed by atoms with Crippen molar-refractivity contribution < 1.29 is 0 Å². The Balaban J connectivity index is 2.52. The molecular formula is C11H13N. The summed E-state index contributed by atoms with van der Waals surface area (Å²) in [5.74, 6) is 0. The van der Waals surface area contributed by atoms with Gasteiger partial charge in [0.2, 0.25) is 0 Å². The van der Waals surface area contributed by atoms with Crippen LogP contribution in [0.25, 0.3) is 6.08 Å². The summed E-state index contributed by atoms with van der Waals surface area (Å²) in [5.41, 5.74) is 1.21. The quantitative estimate of drug-likeness (QED) is 0.601. The van der Waals surface area contributed by atoms with E-state index in [0.29, 0.717) is 0 Å². The maximum atomic E-state index is 4.08. The first-order valence-electron chi connectivity index (χ1n) is 4.15. The summed E-state index contributed by atoms with van der Waals surface area (Å²) in [6.07, 6.45) is 5.82. The molecule has 1 aromatic carbocycles. The highest BCUT2D eigenvalue weighted by atomic mass is 14.7. The van der Waals surface area contributed by atoms with Crippen molar-refractivity contribution in [3.05, 3.63) is 42.0 Å². The van der Waals surface area contributed by atoms with Crippen LogP contribution in [0.1, 0.15) is 12.5 Å². The lowest BCUT2D eigenvalue weighted by Gasteiger charge is -1.87. The van der Waals surface area contributed by atoms with Crippen LogP contribution in [-0.2, 0) is 0 Å². The van der Waals surface area contributed by atoms with Crippen molar-refractivity contribution >= 4 is 12.3 Å². The molecule has 0 aliphatic rings. The molecule has 1 rings (SSSR count). The second kappa shape index (κ2) is 5.30. The molecule has 0 spiro atoms. The van der Waals surface area contributed by atoms with Crippen molar-refractivity contribution in [1.82, 2.24) is 0 Å². The standard InChI is InChI=1S/C11H13N/c1-2-12-10-6-9-11-7-4-3-5-8-11/h3-10H,2H2,1H3/b9-6+,12-10?. The normalized spacial score (nSPS) is 11.4. The van der Waals surface area contributed by atoms with Crippen LogP contribution in [0.5, 0.6) is 0 Å². The van der Waals surface area contributed by atoms with Gasteiger partial charge < -0.3 is 0 Å². The lowest BCUT2D eigenvalue weighted by molar-refractivity contribution is 1.14. The minimum atomic E-state index is 0.846. The molecule has 1 nitrogen and oxygen atoms in total. The fourth-order valence-corrected chi connectivity index (χ4v) is 0.885. The van der Waals surface area contributed by atoms with E-state index < -0.39 is 0 Å². The van der Waals surface area contributed by atoms with E-state index in [0.717, 1.165) is 6.54 Å². The number of aliphatic imine (C=N–C) groups is 1. The number of allylic oxidation sites excluding steroid dienone is 1. The molecule has 0 radical (unpaired) electrons. The largest absolute Gasteiger partial charge is 0.293 e. The fraction of sp³-hybridized carbons (Fsp3) is 0.182. The average molecular weight is 159 g/mol. The van der Waals surface area contributed by atoms with E-state index in [1.165, 1.54) is 5.56 Å². The van der Waals surface area contributed by atoms with Crippen LogP contribution in [0.15, 0.2) is 41.4 Å². The molecule has 0 unspecified atom stereocenters. The summed E-state index contributed by atoms with van der Waals surface area (Å²) in [4.78, 5) is 4.08. The third kappa shape index (κ3) is 3.15. The van der Waals surface area contributed by atoms with E-state index in [4.69, 9.17) is 0 Å². The summed E-state index contributed by atoms with van der Waals surface area (Å²) in [6.45, 7) is 2.87. The minimum absolute atomic E-state index is 0.846. The summed E-state index contributed by atoms with van der Waals surface area (Å²) in [6, 6.07) is 10.2. The summed E-state index contributed by atoms with van der Waals surface area (Å²) < 4.78 is 0. The number of benzene rings is 1. The van der Waals surface area contributed by atoms with E-state index in [-0.39, 0.29) is 0 Å². The van der Waals surface area contributed by atoms with Crippen molar-refractivity contribution in [2.75, 3.05) is 6.54 Å². The van der Waals surface area contributed by atoms with Gasteiger partial charge in [-0.05, 0) is 18.6 Å². The Hall–Kier alpha value is -1.37. The Kier molecular flexibility index (Phi) is 3.86. The molecule has 0 saturated heterocycles. The molecule has 62 valence electrons. The van der Waals surface area contributed by atoms with Gasteiger partial charge in [0.25, 0.3) is 0 Å². The molecular weight excluding hydrogens is 146 g/mol. The molecule has 0 aliphatic heterocycles. The van der Waals surface area contributed by atoms with E-state index in [9.17, 15) is 0 Å². The fourth-order valence-electron chi connectivity index (χ4n) is 0.885. The second-order valence-corrected chi connectivity index (χ2v) is 2.42. The molecule has 12 heavy (non-hydrogen) atoms. The Bertz CT molecular complexity index is 260. The van der Waals surface area contributed by atoms with Crippen LogP contribution in [-0.4, -0.2) is 12.8 Å². The SMILES string of the molecule is CCN=C/C=C/c1ccccc1. The van der Waals surface area contributed by atoms with E-state index >= 15 is 0 Å². The summed E-state index contributed by atoms with van der Waals surface area (Å²) in [7, 11) is 0. The molecule has 0 heterocycles. The van der Waals surface area contributed by atoms with Gasteiger partial charge in [-0.2, -0.15) is 0 Å². The van der Waals surface area contributed by atoms with Gasteiger partial charge >= 0.3 is 0 Å². The maximum Gasteiger partial charge on any atom is 0.0360 e. The Morgan fingerprint density at radius 2 is 2.00 bits per heavy atom. The lowest BCUT2D eigenvalue weighted by Crippen LogP contribution is -1.71. The van der Waals surface area contributed by atoms with Crippen LogP contribution in [0.4, 0.5) is 0 Å². The van der Waals surface area contributed by atoms with Crippen molar-refractivity contribution in [2.45, 2.75) is 6.92 Å². The third-order valence-corrected chi connectivity index (χ3v) is 1.46. The monoisotopic (exact) mass is 159 g/mol. The lowest BCUT2D eigenvalue weighted by atomic mass is 10.2. The van der Waals surface area contributed by atoms with E-state index in [2.05, 4.69) is 17.1 Å². The third-order valence-electron chi connectivity index (χ3n) is 1.46. The first kappa shape index (κ1) is 8.72. The van der Waals surface area contributed by atoms with Crippen LogP contribution in [0.3, 0.4) is 0 Å². The van der Waals surface area contributed by atoms with Crippen molar-refractivity contribution in [3.8, 4) is 0 Å². The Morgan fingerprint density at radius 3 is 2.67 bits per heavy atom. The van der Waals surface area contributed by atoms with Crippen molar-refractivity contribution in [3.63, 3.8) is 0 Å². The summed E-state index contributed by atoms with van der Waals surface area (Å²) in [5, 5.41) is 0. The van der Waals surface area contributed by atoms with Crippen molar-refractivity contribution in [2.24, 2.45) is 4.99 Å².